The zero-order valence-corrected chi connectivity index (χ0v) is 11.9. The molecule has 0 amide bonds. The molecule has 0 fully saturated rings. The number of fused-ring (bicyclic) bond motifs is 1. The van der Waals surface area contributed by atoms with Crippen molar-refractivity contribution >= 4 is 6.21 Å². The molecule has 112 valence electrons. The first-order valence-electron chi connectivity index (χ1n) is 7.22. The van der Waals surface area contributed by atoms with Gasteiger partial charge in [-0.15, -0.1) is 10.2 Å². The summed E-state index contributed by atoms with van der Waals surface area (Å²) in [5, 5.41) is 19.6. The van der Waals surface area contributed by atoms with Crippen molar-refractivity contribution in [3.8, 4) is 11.4 Å². The van der Waals surface area contributed by atoms with Crippen LogP contribution in [0.3, 0.4) is 0 Å². The molecule has 3 heterocycles. The van der Waals surface area contributed by atoms with Crippen LogP contribution in [0.2, 0.25) is 0 Å². The van der Waals surface area contributed by atoms with Crippen molar-refractivity contribution in [1.29, 1.82) is 0 Å². The molecule has 4 rings (SSSR count). The van der Waals surface area contributed by atoms with Gasteiger partial charge in [0, 0.05) is 31.1 Å². The van der Waals surface area contributed by atoms with Gasteiger partial charge in [0.05, 0.1) is 6.54 Å². The highest BCUT2D eigenvalue weighted by Gasteiger charge is 2.29. The lowest BCUT2D eigenvalue weighted by atomic mass is 10.2. The van der Waals surface area contributed by atoms with Crippen LogP contribution < -0.4 is 0 Å². The van der Waals surface area contributed by atoms with E-state index in [1.54, 1.807) is 18.5 Å². The van der Waals surface area contributed by atoms with Crippen molar-refractivity contribution in [3.63, 3.8) is 0 Å². The molecule has 2 aliphatic rings. The number of hydrogen-bond donors (Lipinski definition) is 1. The molecule has 0 aliphatic carbocycles. The molecule has 22 heavy (non-hydrogen) atoms. The Morgan fingerprint density at radius 1 is 1.09 bits per heavy atom. The Bertz CT molecular complexity index is 723. The van der Waals surface area contributed by atoms with E-state index in [0.717, 1.165) is 35.4 Å². The van der Waals surface area contributed by atoms with Gasteiger partial charge in [-0.1, -0.05) is 30.3 Å². The highest BCUT2D eigenvalue weighted by atomic mass is 16.5. The number of benzene rings is 1. The van der Waals surface area contributed by atoms with E-state index in [9.17, 15) is 5.21 Å². The van der Waals surface area contributed by atoms with Crippen molar-refractivity contribution in [3.05, 3.63) is 48.4 Å². The van der Waals surface area contributed by atoms with Crippen LogP contribution in [0.25, 0.3) is 11.4 Å². The molecule has 7 heteroatoms. The zero-order chi connectivity index (χ0) is 14.9. The van der Waals surface area contributed by atoms with Crippen LogP contribution in [0.15, 0.2) is 47.6 Å². The van der Waals surface area contributed by atoms with Gasteiger partial charge in [-0.2, -0.15) is 0 Å². The third-order valence-electron chi connectivity index (χ3n) is 3.92. The fourth-order valence-electron chi connectivity index (χ4n) is 2.83. The lowest BCUT2D eigenvalue weighted by Crippen LogP contribution is -2.48. The van der Waals surface area contributed by atoms with E-state index in [1.807, 2.05) is 30.3 Å². The van der Waals surface area contributed by atoms with Gasteiger partial charge in [-0.3, -0.25) is 15.1 Å². The second-order valence-corrected chi connectivity index (χ2v) is 5.29. The molecular weight excluding hydrogens is 280 g/mol. The first-order valence-corrected chi connectivity index (χ1v) is 7.22. The maximum atomic E-state index is 9.90. The molecule has 2 aliphatic heterocycles. The highest BCUT2D eigenvalue weighted by Crippen LogP contribution is 2.23. The Labute approximate surface area is 127 Å². The Balaban J connectivity index is 1.59. The Morgan fingerprint density at radius 2 is 1.95 bits per heavy atom. The predicted molar refractivity (Wildman–Crippen MR) is 80.9 cm³/mol. The summed E-state index contributed by atoms with van der Waals surface area (Å²) in [5.41, 5.74) is 1.07. The summed E-state index contributed by atoms with van der Waals surface area (Å²) < 4.78 is 2.13. The SMILES string of the molecule is ON1C=CC=NC1N1CCn2c(nnc2-c2ccccc2)C1. The molecule has 0 spiro atoms. The molecule has 1 aromatic carbocycles. The molecule has 1 N–H and O–H groups in total. The Hall–Kier alpha value is -2.51. The van der Waals surface area contributed by atoms with Crippen LogP contribution in [0.4, 0.5) is 0 Å². The van der Waals surface area contributed by atoms with Crippen LogP contribution in [0, 0.1) is 0 Å². The second-order valence-electron chi connectivity index (χ2n) is 5.29. The number of rotatable bonds is 2. The van der Waals surface area contributed by atoms with Gasteiger partial charge in [0.15, 0.2) is 5.82 Å². The van der Waals surface area contributed by atoms with Gasteiger partial charge in [0.2, 0.25) is 6.29 Å². The monoisotopic (exact) mass is 296 g/mol. The van der Waals surface area contributed by atoms with Crippen LogP contribution in [-0.4, -0.2) is 49.0 Å². The maximum Gasteiger partial charge on any atom is 0.201 e. The molecule has 0 saturated heterocycles. The number of hydrogen-bond acceptors (Lipinski definition) is 6. The van der Waals surface area contributed by atoms with Crippen LogP contribution >= 0.6 is 0 Å². The molecule has 2 aromatic rings. The quantitative estimate of drug-likeness (QED) is 0.905. The minimum atomic E-state index is -0.393. The number of aromatic nitrogens is 3. The standard InChI is InChI=1S/C15H16N6O/c22-21-8-4-7-16-15(21)19-9-10-20-13(11-19)17-18-14(20)12-5-2-1-3-6-12/h1-8,15,22H,9-11H2. The summed E-state index contributed by atoms with van der Waals surface area (Å²) in [7, 11) is 0. The number of aliphatic imine (C=N–C) groups is 1. The van der Waals surface area contributed by atoms with Gasteiger partial charge in [0.1, 0.15) is 5.82 Å². The summed E-state index contributed by atoms with van der Waals surface area (Å²) in [4.78, 5) is 6.37. The average Bonchev–Trinajstić information content (AvgIpc) is 2.99. The van der Waals surface area contributed by atoms with E-state index >= 15 is 0 Å². The average molecular weight is 296 g/mol. The fourth-order valence-corrected chi connectivity index (χ4v) is 2.83. The highest BCUT2D eigenvalue weighted by molar-refractivity contribution is 5.71. The number of hydroxylamine groups is 2. The summed E-state index contributed by atoms with van der Waals surface area (Å²) in [6.45, 7) is 2.15. The topological polar surface area (TPSA) is 69.8 Å². The minimum Gasteiger partial charge on any atom is -0.309 e. The van der Waals surface area contributed by atoms with Crippen molar-refractivity contribution in [2.75, 3.05) is 6.54 Å². The molecule has 0 saturated carbocycles. The van der Waals surface area contributed by atoms with E-state index in [-0.39, 0.29) is 0 Å². The molecule has 1 unspecified atom stereocenters. The molecule has 0 radical (unpaired) electrons. The van der Waals surface area contributed by atoms with Crippen molar-refractivity contribution in [1.82, 2.24) is 24.7 Å². The zero-order valence-electron chi connectivity index (χ0n) is 11.9. The van der Waals surface area contributed by atoms with E-state index in [0.29, 0.717) is 6.54 Å². The van der Waals surface area contributed by atoms with Gasteiger partial charge >= 0.3 is 0 Å². The fraction of sp³-hybridized carbons (Fsp3) is 0.267. The van der Waals surface area contributed by atoms with Gasteiger partial charge in [-0.05, 0) is 6.08 Å². The molecule has 1 atom stereocenters. The summed E-state index contributed by atoms with van der Waals surface area (Å²) >= 11 is 0. The van der Waals surface area contributed by atoms with Crippen molar-refractivity contribution in [2.45, 2.75) is 19.4 Å². The van der Waals surface area contributed by atoms with Crippen LogP contribution in [-0.2, 0) is 13.1 Å². The van der Waals surface area contributed by atoms with E-state index < -0.39 is 6.29 Å². The van der Waals surface area contributed by atoms with Gasteiger partial charge in [0.25, 0.3) is 0 Å². The summed E-state index contributed by atoms with van der Waals surface area (Å²) in [6.07, 6.45) is 4.62. The largest absolute Gasteiger partial charge is 0.309 e. The summed E-state index contributed by atoms with van der Waals surface area (Å²) in [5.74, 6) is 1.78. The second kappa shape index (κ2) is 5.36. The first kappa shape index (κ1) is 13.2. The van der Waals surface area contributed by atoms with E-state index in [4.69, 9.17) is 0 Å². The Morgan fingerprint density at radius 3 is 2.77 bits per heavy atom. The van der Waals surface area contributed by atoms with Gasteiger partial charge < -0.3 is 4.57 Å². The van der Waals surface area contributed by atoms with Crippen molar-refractivity contribution in [2.24, 2.45) is 4.99 Å². The van der Waals surface area contributed by atoms with E-state index in [2.05, 4.69) is 24.7 Å². The normalized spacial score (nSPS) is 21.1. The van der Waals surface area contributed by atoms with Crippen LogP contribution in [0.5, 0.6) is 0 Å². The molecular formula is C15H16N6O. The third-order valence-corrected chi connectivity index (χ3v) is 3.92. The molecule has 1 aromatic heterocycles. The third kappa shape index (κ3) is 2.20. The number of nitrogens with zero attached hydrogens (tertiary/aromatic N) is 6. The molecule has 7 nitrogen and oxygen atoms in total. The summed E-state index contributed by atoms with van der Waals surface area (Å²) in [6, 6.07) is 10.1. The van der Waals surface area contributed by atoms with Crippen LogP contribution in [0.1, 0.15) is 5.82 Å². The predicted octanol–water partition coefficient (Wildman–Crippen LogP) is 1.33. The van der Waals surface area contributed by atoms with Gasteiger partial charge in [-0.25, -0.2) is 5.06 Å². The lowest BCUT2D eigenvalue weighted by Gasteiger charge is -2.36. The lowest BCUT2D eigenvalue weighted by molar-refractivity contribution is -0.135. The Kier molecular flexibility index (Phi) is 3.21. The smallest absolute Gasteiger partial charge is 0.201 e. The molecule has 0 bridgehead atoms. The first-order chi connectivity index (χ1) is 10.8. The van der Waals surface area contributed by atoms with Crippen molar-refractivity contribution < 1.29 is 5.21 Å². The number of allylic oxidation sites excluding steroid dienone is 1. The minimum absolute atomic E-state index is 0.393. The maximum absolute atomic E-state index is 9.90. The van der Waals surface area contributed by atoms with E-state index in [1.165, 1.54) is 0 Å².